The van der Waals surface area contributed by atoms with Crippen LogP contribution in [0.3, 0.4) is 0 Å². The molecule has 142 valence electrons. The molecule has 27 heavy (non-hydrogen) atoms. The quantitative estimate of drug-likeness (QED) is 0.588. The minimum Gasteiger partial charge on any atom is -0.383 e. The summed E-state index contributed by atoms with van der Waals surface area (Å²) in [6, 6.07) is 4.81. The summed E-state index contributed by atoms with van der Waals surface area (Å²) in [6.45, 7) is 0.740. The van der Waals surface area contributed by atoms with Gasteiger partial charge in [-0.05, 0) is 29.3 Å². The van der Waals surface area contributed by atoms with Crippen molar-refractivity contribution < 1.29 is 22.7 Å². The van der Waals surface area contributed by atoms with Gasteiger partial charge in [0.2, 0.25) is 0 Å². The third-order valence-electron chi connectivity index (χ3n) is 4.19. The van der Waals surface area contributed by atoms with Crippen molar-refractivity contribution in [3.63, 3.8) is 0 Å². The first-order valence-corrected chi connectivity index (χ1v) is 8.55. The molecule has 0 spiro atoms. The van der Waals surface area contributed by atoms with Crippen molar-refractivity contribution in [2.75, 3.05) is 25.6 Å². The standard InChI is InChI=1S/C19H16ClF3N2O2/c1-27-5-4-24-17-9-12-11(8-15(22)18(23)19(12)25-17)16(26)7-10-2-3-14(21)13(20)6-10/h2-3,6,8H,4-5,7,9H2,1H3,(H,24,25). The highest BCUT2D eigenvalue weighted by Crippen LogP contribution is 2.32. The molecule has 0 saturated heterocycles. The fourth-order valence-corrected chi connectivity index (χ4v) is 3.08. The van der Waals surface area contributed by atoms with Crippen molar-refractivity contribution in [3.05, 3.63) is 63.4 Å². The summed E-state index contributed by atoms with van der Waals surface area (Å²) in [5.74, 6) is -2.76. The fourth-order valence-electron chi connectivity index (χ4n) is 2.88. The van der Waals surface area contributed by atoms with Gasteiger partial charge in [0.1, 0.15) is 11.7 Å². The van der Waals surface area contributed by atoms with Crippen LogP contribution in [0.1, 0.15) is 21.5 Å². The van der Waals surface area contributed by atoms with Gasteiger partial charge >= 0.3 is 0 Å². The summed E-state index contributed by atoms with van der Waals surface area (Å²) in [7, 11) is 1.53. The minimum absolute atomic E-state index is 0.0637. The van der Waals surface area contributed by atoms with Crippen molar-refractivity contribution >= 4 is 28.9 Å². The maximum absolute atomic E-state index is 14.1. The number of Topliss-reactive ketones (excluding diaryl/α,β-unsaturated/α-hetero) is 1. The molecule has 0 saturated carbocycles. The number of methoxy groups -OCH3 is 1. The molecule has 0 atom stereocenters. The first-order chi connectivity index (χ1) is 12.9. The topological polar surface area (TPSA) is 50.7 Å². The third kappa shape index (κ3) is 4.14. The molecular formula is C19H16ClF3N2O2. The Kier molecular flexibility index (Phi) is 5.82. The molecule has 0 bridgehead atoms. The minimum atomic E-state index is -1.13. The zero-order valence-corrected chi connectivity index (χ0v) is 15.2. The number of rotatable bonds is 6. The Balaban J connectivity index is 1.89. The number of carbonyl (C=O) groups excluding carboxylic acids is 1. The first kappa shape index (κ1) is 19.4. The number of benzene rings is 2. The molecule has 3 rings (SSSR count). The molecule has 8 heteroatoms. The van der Waals surface area contributed by atoms with Gasteiger partial charge in [0, 0.05) is 25.5 Å². The van der Waals surface area contributed by atoms with Crippen LogP contribution >= 0.6 is 11.6 Å². The van der Waals surface area contributed by atoms with E-state index in [2.05, 4.69) is 10.3 Å². The summed E-state index contributed by atoms with van der Waals surface area (Å²) in [4.78, 5) is 16.9. The second kappa shape index (κ2) is 8.10. The van der Waals surface area contributed by atoms with Gasteiger partial charge in [0.25, 0.3) is 0 Å². The molecule has 0 aliphatic carbocycles. The normalized spacial score (nSPS) is 14.3. The molecule has 1 N–H and O–H groups in total. The number of ether oxygens (including phenoxy) is 1. The predicted octanol–water partition coefficient (Wildman–Crippen LogP) is 4.20. The monoisotopic (exact) mass is 396 g/mol. The van der Waals surface area contributed by atoms with Crippen LogP contribution in [-0.4, -0.2) is 31.9 Å². The number of nitrogens with one attached hydrogen (secondary N) is 1. The van der Waals surface area contributed by atoms with E-state index in [1.54, 1.807) is 0 Å². The van der Waals surface area contributed by atoms with Crippen LogP contribution in [0.15, 0.2) is 29.3 Å². The molecule has 0 fully saturated rings. The zero-order valence-electron chi connectivity index (χ0n) is 14.4. The van der Waals surface area contributed by atoms with Gasteiger partial charge in [-0.25, -0.2) is 13.2 Å². The largest absolute Gasteiger partial charge is 0.383 e. The van der Waals surface area contributed by atoms with Gasteiger partial charge in [-0.15, -0.1) is 0 Å². The summed E-state index contributed by atoms with van der Waals surface area (Å²) in [5.41, 5.74) is 0.813. The van der Waals surface area contributed by atoms with Crippen LogP contribution in [0, 0.1) is 17.5 Å². The Morgan fingerprint density at radius 2 is 2.04 bits per heavy atom. The van der Waals surface area contributed by atoms with Crippen LogP contribution in [0.4, 0.5) is 18.9 Å². The second-order valence-electron chi connectivity index (χ2n) is 6.04. The Morgan fingerprint density at radius 3 is 2.74 bits per heavy atom. The molecule has 2 aromatic rings. The number of hydrogen-bond donors (Lipinski definition) is 1. The number of halogens is 4. The second-order valence-corrected chi connectivity index (χ2v) is 6.45. The van der Waals surface area contributed by atoms with Crippen LogP contribution in [-0.2, 0) is 17.6 Å². The number of amidine groups is 1. The summed E-state index contributed by atoms with van der Waals surface area (Å²) < 4.78 is 46.3. The van der Waals surface area contributed by atoms with E-state index >= 15 is 0 Å². The highest BCUT2D eigenvalue weighted by molar-refractivity contribution is 6.30. The van der Waals surface area contributed by atoms with Gasteiger partial charge in [-0.3, -0.25) is 9.79 Å². The lowest BCUT2D eigenvalue weighted by atomic mass is 9.96. The highest BCUT2D eigenvalue weighted by Gasteiger charge is 2.28. The molecule has 1 aliphatic heterocycles. The first-order valence-electron chi connectivity index (χ1n) is 8.18. The third-order valence-corrected chi connectivity index (χ3v) is 4.48. The SMILES string of the molecule is COCCN=C1Cc2c(C(=O)Cc3ccc(F)c(Cl)c3)cc(F)c(F)c2N1. The van der Waals surface area contributed by atoms with Gasteiger partial charge in [0.15, 0.2) is 17.4 Å². The van der Waals surface area contributed by atoms with E-state index in [4.69, 9.17) is 16.3 Å². The number of anilines is 1. The zero-order chi connectivity index (χ0) is 19.6. The van der Waals surface area contributed by atoms with Crippen molar-refractivity contribution in [1.82, 2.24) is 0 Å². The number of nitrogens with zero attached hydrogens (tertiary/aromatic N) is 1. The van der Waals surface area contributed by atoms with E-state index in [9.17, 15) is 18.0 Å². The Bertz CT molecular complexity index is 932. The predicted molar refractivity (Wildman–Crippen MR) is 97.3 cm³/mol. The van der Waals surface area contributed by atoms with Crippen molar-refractivity contribution in [2.24, 2.45) is 4.99 Å². The van der Waals surface area contributed by atoms with E-state index in [0.717, 1.165) is 12.1 Å². The fraction of sp³-hybridized carbons (Fsp3) is 0.263. The Hall–Kier alpha value is -2.38. The van der Waals surface area contributed by atoms with E-state index in [-0.39, 0.29) is 29.1 Å². The molecule has 0 aromatic heterocycles. The van der Waals surface area contributed by atoms with Crippen LogP contribution in [0.5, 0.6) is 0 Å². The Labute approximate surface area is 159 Å². The van der Waals surface area contributed by atoms with E-state index in [0.29, 0.717) is 30.1 Å². The average Bonchev–Trinajstić information content (AvgIpc) is 3.06. The van der Waals surface area contributed by atoms with Crippen molar-refractivity contribution in [3.8, 4) is 0 Å². The van der Waals surface area contributed by atoms with Crippen molar-refractivity contribution in [2.45, 2.75) is 12.8 Å². The molecule has 4 nitrogen and oxygen atoms in total. The van der Waals surface area contributed by atoms with E-state index < -0.39 is 23.2 Å². The average molecular weight is 397 g/mol. The smallest absolute Gasteiger partial charge is 0.182 e. The van der Waals surface area contributed by atoms with Crippen LogP contribution < -0.4 is 5.32 Å². The number of carbonyl (C=O) groups is 1. The van der Waals surface area contributed by atoms with Gasteiger partial charge in [-0.1, -0.05) is 17.7 Å². The van der Waals surface area contributed by atoms with Gasteiger partial charge in [0.05, 0.1) is 23.9 Å². The number of aliphatic imine (C=N–C) groups is 1. The van der Waals surface area contributed by atoms with Crippen molar-refractivity contribution in [1.29, 1.82) is 0 Å². The number of ketones is 1. The maximum Gasteiger partial charge on any atom is 0.182 e. The Morgan fingerprint density at radius 1 is 1.26 bits per heavy atom. The molecule has 0 amide bonds. The van der Waals surface area contributed by atoms with Crippen LogP contribution in [0.2, 0.25) is 5.02 Å². The molecule has 1 heterocycles. The molecular weight excluding hydrogens is 381 g/mol. The maximum atomic E-state index is 14.1. The summed E-state index contributed by atoms with van der Waals surface area (Å²) in [6.07, 6.45) is 0.0646. The van der Waals surface area contributed by atoms with E-state index in [1.807, 2.05) is 0 Å². The lowest BCUT2D eigenvalue weighted by molar-refractivity contribution is 0.0992. The lowest BCUT2D eigenvalue weighted by Crippen LogP contribution is -2.09. The summed E-state index contributed by atoms with van der Waals surface area (Å²) in [5, 5.41) is 2.63. The number of fused-ring (bicyclic) bond motifs is 1. The summed E-state index contributed by atoms with van der Waals surface area (Å²) >= 11 is 5.73. The lowest BCUT2D eigenvalue weighted by Gasteiger charge is -2.09. The molecule has 2 aromatic carbocycles. The van der Waals surface area contributed by atoms with Gasteiger partial charge < -0.3 is 10.1 Å². The van der Waals surface area contributed by atoms with Gasteiger partial charge in [-0.2, -0.15) is 0 Å². The molecule has 0 unspecified atom stereocenters. The highest BCUT2D eigenvalue weighted by atomic mass is 35.5. The molecule has 0 radical (unpaired) electrons. The number of hydrogen-bond acceptors (Lipinski definition) is 3. The van der Waals surface area contributed by atoms with E-state index in [1.165, 1.54) is 19.2 Å². The molecule has 1 aliphatic rings. The van der Waals surface area contributed by atoms with Crippen LogP contribution in [0.25, 0.3) is 0 Å².